The van der Waals surface area contributed by atoms with Crippen LogP contribution in [-0.4, -0.2) is 28.5 Å². The number of H-pyrrole nitrogens is 1. The number of carboxylic acids is 1. The lowest BCUT2D eigenvalue weighted by molar-refractivity contribution is -0.138. The average Bonchev–Trinajstić information content (AvgIpc) is 2.48. The van der Waals surface area contributed by atoms with Gasteiger partial charge in [-0.1, -0.05) is 30.3 Å². The third-order valence-corrected chi connectivity index (χ3v) is 3.00. The van der Waals surface area contributed by atoms with Gasteiger partial charge in [0.05, 0.1) is 5.92 Å². The molecule has 21 heavy (non-hydrogen) atoms. The second-order valence-corrected chi connectivity index (χ2v) is 4.45. The number of benzene rings is 1. The van der Waals surface area contributed by atoms with E-state index < -0.39 is 17.8 Å². The molecule has 1 aromatic heterocycles. The number of carboxylic acid groups (broad SMARTS) is 1. The molecule has 1 unspecified atom stereocenters. The van der Waals surface area contributed by atoms with E-state index in [1.54, 1.807) is 30.3 Å². The van der Waals surface area contributed by atoms with E-state index in [9.17, 15) is 19.5 Å². The molecule has 6 nitrogen and oxygen atoms in total. The number of pyridine rings is 1. The normalized spacial score (nSPS) is 11.6. The van der Waals surface area contributed by atoms with Crippen molar-refractivity contribution >= 4 is 11.9 Å². The van der Waals surface area contributed by atoms with Crippen LogP contribution in [0.1, 0.15) is 21.8 Å². The summed E-state index contributed by atoms with van der Waals surface area (Å²) in [4.78, 5) is 36.7. The predicted molar refractivity (Wildman–Crippen MR) is 76.2 cm³/mol. The second-order valence-electron chi connectivity index (χ2n) is 4.45. The van der Waals surface area contributed by atoms with E-state index in [0.717, 1.165) is 6.07 Å². The molecule has 2 rings (SSSR count). The number of aromatic amines is 1. The summed E-state index contributed by atoms with van der Waals surface area (Å²) in [5, 5.41) is 11.8. The number of rotatable bonds is 5. The highest BCUT2D eigenvalue weighted by atomic mass is 16.4. The lowest BCUT2D eigenvalue weighted by Crippen LogP contribution is -2.32. The Bertz CT molecular complexity index is 694. The van der Waals surface area contributed by atoms with Gasteiger partial charge in [-0.05, 0) is 11.6 Å². The van der Waals surface area contributed by atoms with Crippen LogP contribution in [-0.2, 0) is 4.79 Å². The van der Waals surface area contributed by atoms with E-state index in [0.29, 0.717) is 5.56 Å². The van der Waals surface area contributed by atoms with Crippen LogP contribution in [0.3, 0.4) is 0 Å². The number of hydrogen-bond acceptors (Lipinski definition) is 3. The van der Waals surface area contributed by atoms with Crippen LogP contribution in [0.5, 0.6) is 0 Å². The number of aromatic nitrogens is 1. The van der Waals surface area contributed by atoms with Crippen LogP contribution in [0.25, 0.3) is 0 Å². The molecule has 0 aliphatic heterocycles. The monoisotopic (exact) mass is 286 g/mol. The molecule has 1 aromatic carbocycles. The average molecular weight is 286 g/mol. The van der Waals surface area contributed by atoms with Gasteiger partial charge in [-0.3, -0.25) is 14.4 Å². The van der Waals surface area contributed by atoms with Crippen molar-refractivity contribution in [2.75, 3.05) is 6.54 Å². The molecule has 0 fully saturated rings. The third-order valence-electron chi connectivity index (χ3n) is 3.00. The number of nitrogens with one attached hydrogen (secondary N) is 2. The van der Waals surface area contributed by atoms with Crippen molar-refractivity contribution in [3.8, 4) is 0 Å². The minimum Gasteiger partial charge on any atom is -0.481 e. The Morgan fingerprint density at radius 1 is 1.19 bits per heavy atom. The van der Waals surface area contributed by atoms with E-state index in [2.05, 4.69) is 10.3 Å². The summed E-state index contributed by atoms with van der Waals surface area (Å²) >= 11 is 0. The molecular weight excluding hydrogens is 272 g/mol. The Morgan fingerprint density at radius 3 is 2.52 bits per heavy atom. The maximum atomic E-state index is 11.9. The number of amides is 1. The van der Waals surface area contributed by atoms with Crippen molar-refractivity contribution in [3.63, 3.8) is 0 Å². The molecule has 0 radical (unpaired) electrons. The lowest BCUT2D eigenvalue weighted by atomic mass is 9.99. The number of carbonyl (C=O) groups excluding carboxylic acids is 1. The Kier molecular flexibility index (Phi) is 4.50. The van der Waals surface area contributed by atoms with Crippen LogP contribution in [0.2, 0.25) is 0 Å². The zero-order valence-corrected chi connectivity index (χ0v) is 11.1. The van der Waals surface area contributed by atoms with Crippen molar-refractivity contribution < 1.29 is 14.7 Å². The van der Waals surface area contributed by atoms with E-state index in [1.165, 1.54) is 12.3 Å². The molecule has 1 atom stereocenters. The lowest BCUT2D eigenvalue weighted by Gasteiger charge is -2.13. The van der Waals surface area contributed by atoms with E-state index in [1.807, 2.05) is 0 Å². The molecule has 0 aliphatic rings. The van der Waals surface area contributed by atoms with Crippen LogP contribution in [0.4, 0.5) is 0 Å². The standard InChI is InChI=1S/C15H14N2O4/c18-13-8-11(6-7-16-13)14(19)17-9-12(15(20)21)10-4-2-1-3-5-10/h1-8,12H,9H2,(H,16,18)(H,17,19)(H,20,21). The van der Waals surface area contributed by atoms with E-state index in [-0.39, 0.29) is 17.7 Å². The van der Waals surface area contributed by atoms with Crippen molar-refractivity contribution in [2.45, 2.75) is 5.92 Å². The first-order chi connectivity index (χ1) is 10.1. The fourth-order valence-corrected chi connectivity index (χ4v) is 1.92. The molecule has 0 saturated carbocycles. The van der Waals surface area contributed by atoms with Gasteiger partial charge in [-0.25, -0.2) is 0 Å². The number of carbonyl (C=O) groups is 2. The largest absolute Gasteiger partial charge is 0.481 e. The highest BCUT2D eigenvalue weighted by Gasteiger charge is 2.20. The predicted octanol–water partition coefficient (Wildman–Crippen LogP) is 0.973. The zero-order chi connectivity index (χ0) is 15.2. The van der Waals surface area contributed by atoms with Gasteiger partial charge in [0.1, 0.15) is 0 Å². The zero-order valence-electron chi connectivity index (χ0n) is 11.1. The molecule has 0 bridgehead atoms. The molecule has 3 N–H and O–H groups in total. The molecule has 108 valence electrons. The summed E-state index contributed by atoms with van der Waals surface area (Å²) in [6, 6.07) is 11.3. The fraction of sp³-hybridized carbons (Fsp3) is 0.133. The van der Waals surface area contributed by atoms with Crippen LogP contribution >= 0.6 is 0 Å². The van der Waals surface area contributed by atoms with Gasteiger partial charge >= 0.3 is 5.97 Å². The quantitative estimate of drug-likeness (QED) is 0.762. The Balaban J connectivity index is 2.08. The third kappa shape index (κ3) is 3.79. The van der Waals surface area contributed by atoms with Crippen molar-refractivity contribution in [1.82, 2.24) is 10.3 Å². The number of hydrogen-bond donors (Lipinski definition) is 3. The SMILES string of the molecule is O=C(NCC(C(=O)O)c1ccccc1)c1cc[nH]c(=O)c1. The molecule has 1 heterocycles. The van der Waals surface area contributed by atoms with Crippen LogP contribution in [0, 0.1) is 0 Å². The van der Waals surface area contributed by atoms with E-state index >= 15 is 0 Å². The second kappa shape index (κ2) is 6.51. The van der Waals surface area contributed by atoms with Crippen molar-refractivity contribution in [2.24, 2.45) is 0 Å². The van der Waals surface area contributed by atoms with Gasteiger partial charge in [-0.2, -0.15) is 0 Å². The smallest absolute Gasteiger partial charge is 0.312 e. The van der Waals surface area contributed by atoms with Gasteiger partial charge in [0.15, 0.2) is 0 Å². The molecule has 2 aromatic rings. The van der Waals surface area contributed by atoms with Crippen molar-refractivity contribution in [3.05, 3.63) is 70.1 Å². The maximum absolute atomic E-state index is 11.9. The fourth-order valence-electron chi connectivity index (χ4n) is 1.92. The molecule has 6 heteroatoms. The topological polar surface area (TPSA) is 99.3 Å². The summed E-state index contributed by atoms with van der Waals surface area (Å²) in [5.41, 5.74) is 0.410. The highest BCUT2D eigenvalue weighted by Crippen LogP contribution is 2.14. The highest BCUT2D eigenvalue weighted by molar-refractivity contribution is 5.94. The first-order valence-electron chi connectivity index (χ1n) is 6.32. The summed E-state index contributed by atoms with van der Waals surface area (Å²) in [5.74, 6) is -2.34. The summed E-state index contributed by atoms with van der Waals surface area (Å²) in [6.45, 7) is -0.0506. The summed E-state index contributed by atoms with van der Waals surface area (Å²) < 4.78 is 0. The minimum absolute atomic E-state index is 0.0506. The van der Waals surface area contributed by atoms with Crippen LogP contribution < -0.4 is 10.9 Å². The van der Waals surface area contributed by atoms with Crippen LogP contribution in [0.15, 0.2) is 53.5 Å². The van der Waals surface area contributed by atoms with Crippen molar-refractivity contribution in [1.29, 1.82) is 0 Å². The Morgan fingerprint density at radius 2 is 1.90 bits per heavy atom. The molecule has 1 amide bonds. The molecule has 0 spiro atoms. The Hall–Kier alpha value is -2.89. The summed E-state index contributed by atoms with van der Waals surface area (Å²) in [6.07, 6.45) is 1.36. The van der Waals surface area contributed by atoms with Gasteiger partial charge in [0.2, 0.25) is 5.56 Å². The van der Waals surface area contributed by atoms with Gasteiger partial charge in [0.25, 0.3) is 5.91 Å². The minimum atomic E-state index is -1.02. The molecule has 0 saturated heterocycles. The number of aliphatic carboxylic acids is 1. The summed E-state index contributed by atoms with van der Waals surface area (Å²) in [7, 11) is 0. The molecule has 0 aliphatic carbocycles. The first kappa shape index (κ1) is 14.5. The molecular formula is C15H14N2O4. The Labute approximate surface area is 120 Å². The maximum Gasteiger partial charge on any atom is 0.312 e. The van der Waals surface area contributed by atoms with E-state index in [4.69, 9.17) is 0 Å². The van der Waals surface area contributed by atoms with Gasteiger partial charge in [0, 0.05) is 24.4 Å². The first-order valence-corrected chi connectivity index (χ1v) is 6.32. The van der Waals surface area contributed by atoms with Gasteiger partial charge < -0.3 is 15.4 Å². The van der Waals surface area contributed by atoms with Gasteiger partial charge in [-0.15, -0.1) is 0 Å².